The molecular weight excluding hydrogens is 664 g/mol. The van der Waals surface area contributed by atoms with E-state index in [0.717, 1.165) is 6.34 Å². The summed E-state index contributed by atoms with van der Waals surface area (Å²) in [6, 6.07) is -2.64. The maximum absolute atomic E-state index is 14.1. The number of aliphatic imine (C=N–C) groups is 3. The van der Waals surface area contributed by atoms with Crippen LogP contribution in [-0.4, -0.2) is 103 Å². The van der Waals surface area contributed by atoms with E-state index in [-0.39, 0.29) is 54.9 Å². The number of nitrogens with zero attached hydrogens (tertiary/aromatic N) is 8. The molecule has 2 aliphatic heterocycles. The maximum Gasteiger partial charge on any atom is 0.271 e. The lowest BCUT2D eigenvalue weighted by molar-refractivity contribution is -0.210. The first-order chi connectivity index (χ1) is 23.0. The van der Waals surface area contributed by atoms with Gasteiger partial charge < -0.3 is 25.6 Å². The molecule has 5 rings (SSSR count). The summed E-state index contributed by atoms with van der Waals surface area (Å²) in [5.74, 6) is -8.45. The second kappa shape index (κ2) is 14.2. The molecule has 0 aromatic carbocycles. The molecule has 0 unspecified atom stereocenters. The lowest BCUT2D eigenvalue weighted by atomic mass is 9.81. The fourth-order valence-corrected chi connectivity index (χ4v) is 6.39. The lowest BCUT2D eigenvalue weighted by Crippen LogP contribution is -2.55. The number of aliphatic hydroxyl groups is 1. The van der Waals surface area contributed by atoms with Gasteiger partial charge in [-0.2, -0.15) is 5.10 Å². The molecule has 3 N–H and O–H groups in total. The average molecular weight is 703 g/mol. The van der Waals surface area contributed by atoms with Crippen molar-refractivity contribution in [2.45, 2.75) is 113 Å². The zero-order valence-electron chi connectivity index (χ0n) is 26.9. The van der Waals surface area contributed by atoms with Crippen LogP contribution in [0.3, 0.4) is 0 Å². The van der Waals surface area contributed by atoms with Crippen molar-refractivity contribution < 1.29 is 46.1 Å². The second-order valence-corrected chi connectivity index (χ2v) is 13.1. The zero-order valence-corrected chi connectivity index (χ0v) is 26.9. The average Bonchev–Trinajstić information content (AvgIpc) is 3.46. The number of hydrogen-bond acceptors (Lipinski definition) is 9. The van der Waals surface area contributed by atoms with E-state index in [4.69, 9.17) is 10.5 Å². The van der Waals surface area contributed by atoms with Crippen LogP contribution < -0.4 is 10.8 Å². The molecular formula is C30H38F6N9O4-. The highest BCUT2D eigenvalue weighted by Crippen LogP contribution is 2.43. The van der Waals surface area contributed by atoms with Gasteiger partial charge in [0.2, 0.25) is 5.92 Å². The summed E-state index contributed by atoms with van der Waals surface area (Å²) in [4.78, 5) is 35.8. The molecule has 1 aliphatic carbocycles. The molecule has 0 bridgehead atoms. The van der Waals surface area contributed by atoms with Gasteiger partial charge in [-0.05, 0) is 45.4 Å². The van der Waals surface area contributed by atoms with Gasteiger partial charge in [-0.1, -0.05) is 0 Å². The largest absolute Gasteiger partial charge is 0.856 e. The molecule has 2 saturated heterocycles. The summed E-state index contributed by atoms with van der Waals surface area (Å²) in [5, 5.41) is 28.2. The number of fused-ring (bicyclic) bond motifs is 1. The Morgan fingerprint density at radius 2 is 1.80 bits per heavy atom. The van der Waals surface area contributed by atoms with E-state index in [1.165, 1.54) is 21.8 Å². The summed E-state index contributed by atoms with van der Waals surface area (Å²) in [7, 11) is 0. The van der Waals surface area contributed by atoms with E-state index >= 15 is 0 Å². The molecule has 4 atom stereocenters. The summed E-state index contributed by atoms with van der Waals surface area (Å²) in [6.45, 7) is 2.11. The molecule has 270 valence electrons. The number of carbonyl (C=O) groups is 1. The van der Waals surface area contributed by atoms with Crippen LogP contribution >= 0.6 is 0 Å². The second-order valence-electron chi connectivity index (χ2n) is 13.1. The van der Waals surface area contributed by atoms with E-state index in [9.17, 15) is 41.4 Å². The van der Waals surface area contributed by atoms with Crippen molar-refractivity contribution in [2.24, 2.45) is 26.6 Å². The third kappa shape index (κ3) is 8.30. The Morgan fingerprint density at radius 3 is 2.41 bits per heavy atom. The number of halogens is 6. The number of imidazole rings is 1. The molecule has 1 amide bonds. The number of piperidine rings is 1. The topological polar surface area (TPSA) is 179 Å². The van der Waals surface area contributed by atoms with Gasteiger partial charge in [-0.15, -0.1) is 0 Å². The summed E-state index contributed by atoms with van der Waals surface area (Å²) in [6.07, 6.45) is -3.76. The van der Waals surface area contributed by atoms with Crippen LogP contribution in [0.25, 0.3) is 5.78 Å². The van der Waals surface area contributed by atoms with E-state index in [1.54, 1.807) is 13.8 Å². The minimum atomic E-state index is -3.16. The predicted molar refractivity (Wildman–Crippen MR) is 162 cm³/mol. The van der Waals surface area contributed by atoms with Gasteiger partial charge in [0.1, 0.15) is 18.3 Å². The minimum absolute atomic E-state index is 0.0196. The van der Waals surface area contributed by atoms with E-state index in [2.05, 4.69) is 30.0 Å². The van der Waals surface area contributed by atoms with E-state index < -0.39 is 98.5 Å². The van der Waals surface area contributed by atoms with Crippen molar-refractivity contribution in [1.29, 1.82) is 0 Å². The molecule has 3 fully saturated rings. The molecule has 2 aromatic rings. The van der Waals surface area contributed by atoms with Gasteiger partial charge in [0.15, 0.2) is 5.84 Å². The SMILES string of the molecule is CC(C)N=C(N=CN)C([O-])=N[C@H](c1cn2ncc([C@H]3C[C@](O)(C(F)F)CCN3C(=O)[C@@H]3CCC(F)(F)CO3)nc2n1)C1CCC(F)(F)CC1. The Balaban J connectivity index is 1.51. The zero-order chi connectivity index (χ0) is 35.7. The summed E-state index contributed by atoms with van der Waals surface area (Å²) in [5.41, 5.74) is 3.04. The number of carbonyl (C=O) groups excluding carboxylic acids is 1. The van der Waals surface area contributed by atoms with Crippen molar-refractivity contribution in [3.05, 3.63) is 23.8 Å². The first-order valence-electron chi connectivity index (χ1n) is 16.0. The number of nitrogens with two attached hydrogens (primary N) is 1. The Hall–Kier alpha value is -3.87. The van der Waals surface area contributed by atoms with Gasteiger partial charge in [-0.3, -0.25) is 14.8 Å². The molecule has 3 aliphatic rings. The van der Waals surface area contributed by atoms with Crippen molar-refractivity contribution >= 4 is 29.8 Å². The first-order valence-corrected chi connectivity index (χ1v) is 16.0. The Kier molecular flexibility index (Phi) is 10.5. The van der Waals surface area contributed by atoms with Crippen LogP contribution in [0.2, 0.25) is 0 Å². The molecule has 49 heavy (non-hydrogen) atoms. The van der Waals surface area contributed by atoms with Gasteiger partial charge in [0.05, 0.1) is 42.2 Å². The predicted octanol–water partition coefficient (Wildman–Crippen LogP) is 3.02. The fraction of sp³-hybridized carbons (Fsp3) is 0.700. The molecule has 19 heteroatoms. The Labute approximate surface area is 277 Å². The highest BCUT2D eigenvalue weighted by Gasteiger charge is 2.49. The van der Waals surface area contributed by atoms with E-state index in [1.807, 2.05) is 0 Å². The van der Waals surface area contributed by atoms with Gasteiger partial charge in [0, 0.05) is 44.2 Å². The standard InChI is InChI=1S/C30H39F6N9O4/c1-16(2)40-23(38-15-37)24(46)43-22(17-3-6-29(33,34)7-4-17)19-13-45-27(42-19)41-18(12-39-45)20-11-28(48,26(31)32)9-10-44(20)25(47)21-5-8-30(35,36)14-49-21/h12-13,15-17,20-22,26,48H,3-11,14H2,1-2H3,(H,43,46)(H2,37,38,40)/p-1/t20-,21+,22+,28+/m1/s1. The van der Waals surface area contributed by atoms with Crippen LogP contribution in [0.1, 0.15) is 88.7 Å². The maximum atomic E-state index is 14.1. The number of amidine groups is 1. The van der Waals surface area contributed by atoms with E-state index in [0.29, 0.717) is 0 Å². The van der Waals surface area contributed by atoms with Crippen LogP contribution in [0.4, 0.5) is 26.3 Å². The number of amides is 1. The molecule has 0 radical (unpaired) electrons. The lowest BCUT2D eigenvalue weighted by Gasteiger charge is -2.44. The minimum Gasteiger partial charge on any atom is -0.856 e. The smallest absolute Gasteiger partial charge is 0.271 e. The quantitative estimate of drug-likeness (QED) is 0.251. The number of ether oxygens (including phenoxy) is 1. The van der Waals surface area contributed by atoms with Crippen molar-refractivity contribution in [3.63, 3.8) is 0 Å². The van der Waals surface area contributed by atoms with Crippen LogP contribution in [-0.2, 0) is 9.53 Å². The number of alkyl halides is 6. The third-order valence-corrected chi connectivity index (χ3v) is 9.05. The van der Waals surface area contributed by atoms with Crippen molar-refractivity contribution in [1.82, 2.24) is 24.5 Å². The third-order valence-electron chi connectivity index (χ3n) is 9.05. The molecule has 2 aromatic heterocycles. The van der Waals surface area contributed by atoms with Gasteiger partial charge in [-0.25, -0.2) is 45.8 Å². The number of hydrogen-bond donors (Lipinski definition) is 2. The number of aromatic nitrogens is 4. The molecule has 13 nitrogen and oxygen atoms in total. The number of likely N-dealkylation sites (tertiary alicyclic amines) is 1. The highest BCUT2D eigenvalue weighted by atomic mass is 19.3. The summed E-state index contributed by atoms with van der Waals surface area (Å²) < 4.78 is 89.9. The first kappa shape index (κ1) is 36.4. The van der Waals surface area contributed by atoms with Crippen LogP contribution in [0.5, 0.6) is 0 Å². The fourth-order valence-electron chi connectivity index (χ4n) is 6.39. The normalized spacial score (nSPS) is 27.8. The monoisotopic (exact) mass is 702 g/mol. The number of rotatable bonds is 7. The van der Waals surface area contributed by atoms with Crippen molar-refractivity contribution in [2.75, 3.05) is 13.2 Å². The van der Waals surface area contributed by atoms with Gasteiger partial charge in [0.25, 0.3) is 24.0 Å². The molecule has 1 saturated carbocycles. The van der Waals surface area contributed by atoms with Crippen molar-refractivity contribution in [3.8, 4) is 0 Å². The molecule has 4 heterocycles. The highest BCUT2D eigenvalue weighted by molar-refractivity contribution is 6.37. The Bertz CT molecular complexity index is 1580. The Morgan fingerprint density at radius 1 is 1.10 bits per heavy atom. The molecule has 0 spiro atoms. The summed E-state index contributed by atoms with van der Waals surface area (Å²) >= 11 is 0. The van der Waals surface area contributed by atoms with Crippen LogP contribution in [0.15, 0.2) is 27.4 Å². The van der Waals surface area contributed by atoms with Gasteiger partial charge >= 0.3 is 0 Å². The van der Waals surface area contributed by atoms with Crippen LogP contribution in [0, 0.1) is 5.92 Å².